The van der Waals surface area contributed by atoms with E-state index in [2.05, 4.69) is 15.0 Å². The number of nitrogens with two attached hydrogens (primary N) is 1. The Balaban J connectivity index is 2.13. The van der Waals surface area contributed by atoms with Gasteiger partial charge in [-0.05, 0) is 24.6 Å². The molecule has 7 heteroatoms. The summed E-state index contributed by atoms with van der Waals surface area (Å²) in [6.07, 6.45) is 0. The van der Waals surface area contributed by atoms with Crippen LogP contribution < -0.4 is 11.3 Å². The highest BCUT2D eigenvalue weighted by Gasteiger charge is 2.13. The van der Waals surface area contributed by atoms with Gasteiger partial charge in [0.05, 0.1) is 6.54 Å². The van der Waals surface area contributed by atoms with E-state index in [1.54, 1.807) is 23.6 Å². The number of fused-ring (bicyclic) bond motifs is 1. The second-order valence-corrected chi connectivity index (χ2v) is 4.50. The Hall–Kier alpha value is -2.70. The van der Waals surface area contributed by atoms with Crippen LogP contribution in [-0.2, 0) is 6.54 Å². The molecule has 6 nitrogen and oxygen atoms in total. The number of hydrogen-bond donors (Lipinski definition) is 2. The Labute approximate surface area is 113 Å². The van der Waals surface area contributed by atoms with E-state index in [0.29, 0.717) is 18.0 Å². The van der Waals surface area contributed by atoms with E-state index in [4.69, 9.17) is 5.73 Å². The molecule has 0 saturated carbocycles. The van der Waals surface area contributed by atoms with Crippen molar-refractivity contribution in [3.05, 3.63) is 51.8 Å². The van der Waals surface area contributed by atoms with Crippen LogP contribution >= 0.6 is 0 Å². The topological polar surface area (TPSA) is 89.6 Å². The number of rotatable bonds is 2. The number of nitrogens with zero attached hydrogens (tertiary/aromatic N) is 3. The number of benzene rings is 1. The van der Waals surface area contributed by atoms with E-state index < -0.39 is 0 Å². The average molecular weight is 273 g/mol. The van der Waals surface area contributed by atoms with Crippen LogP contribution in [0.15, 0.2) is 29.1 Å². The molecule has 0 aliphatic carbocycles. The molecule has 0 spiro atoms. The van der Waals surface area contributed by atoms with Crippen LogP contribution in [0.3, 0.4) is 0 Å². The Morgan fingerprint density at radius 1 is 1.30 bits per heavy atom. The van der Waals surface area contributed by atoms with Gasteiger partial charge < -0.3 is 10.3 Å². The smallest absolute Gasteiger partial charge is 0.280 e. The SMILES string of the molecule is Cc1nc2c(=O)[nH]c(N)nc2n1Cc1ccc(F)cc1. The van der Waals surface area contributed by atoms with Crippen LogP contribution in [0.25, 0.3) is 11.2 Å². The number of aryl methyl sites for hydroxylation is 1. The Kier molecular flexibility index (Phi) is 2.74. The molecule has 0 bridgehead atoms. The zero-order valence-electron chi connectivity index (χ0n) is 10.7. The minimum absolute atomic E-state index is 0.0442. The molecule has 0 atom stereocenters. The largest absolute Gasteiger partial charge is 0.369 e. The predicted molar refractivity (Wildman–Crippen MR) is 72.8 cm³/mol. The van der Waals surface area contributed by atoms with Crippen LogP contribution in [0.1, 0.15) is 11.4 Å². The molecule has 102 valence electrons. The van der Waals surface area contributed by atoms with Crippen molar-refractivity contribution < 1.29 is 4.39 Å². The summed E-state index contributed by atoms with van der Waals surface area (Å²) in [6.45, 7) is 2.22. The number of imidazole rings is 1. The van der Waals surface area contributed by atoms with Gasteiger partial charge in [0.15, 0.2) is 11.2 Å². The third kappa shape index (κ3) is 2.03. The molecule has 0 saturated heterocycles. The maximum atomic E-state index is 12.9. The van der Waals surface area contributed by atoms with Crippen molar-refractivity contribution in [2.45, 2.75) is 13.5 Å². The number of anilines is 1. The number of nitrogen functional groups attached to an aromatic ring is 1. The lowest BCUT2D eigenvalue weighted by Crippen LogP contribution is -2.12. The van der Waals surface area contributed by atoms with Gasteiger partial charge in [0.1, 0.15) is 11.6 Å². The van der Waals surface area contributed by atoms with Crippen molar-refractivity contribution in [3.8, 4) is 0 Å². The zero-order chi connectivity index (χ0) is 14.3. The first-order chi connectivity index (χ1) is 9.54. The maximum absolute atomic E-state index is 12.9. The highest BCUT2D eigenvalue weighted by Crippen LogP contribution is 2.14. The van der Waals surface area contributed by atoms with E-state index in [1.807, 2.05) is 0 Å². The minimum Gasteiger partial charge on any atom is -0.369 e. The van der Waals surface area contributed by atoms with Gasteiger partial charge in [0.2, 0.25) is 5.95 Å². The molecule has 0 radical (unpaired) electrons. The fraction of sp³-hybridized carbons (Fsp3) is 0.154. The first kappa shape index (κ1) is 12.3. The molecule has 0 aliphatic rings. The summed E-state index contributed by atoms with van der Waals surface area (Å²) in [5.41, 5.74) is 6.75. The number of halogens is 1. The van der Waals surface area contributed by atoms with Crippen molar-refractivity contribution in [1.29, 1.82) is 0 Å². The van der Waals surface area contributed by atoms with E-state index in [0.717, 1.165) is 5.56 Å². The summed E-state index contributed by atoms with van der Waals surface area (Å²) >= 11 is 0. The monoisotopic (exact) mass is 273 g/mol. The van der Waals surface area contributed by atoms with Gasteiger partial charge in [-0.2, -0.15) is 4.98 Å². The lowest BCUT2D eigenvalue weighted by atomic mass is 10.2. The molecule has 3 aromatic rings. The van der Waals surface area contributed by atoms with Crippen LogP contribution in [-0.4, -0.2) is 19.5 Å². The lowest BCUT2D eigenvalue weighted by molar-refractivity contribution is 0.626. The van der Waals surface area contributed by atoms with Crippen molar-refractivity contribution in [2.75, 3.05) is 5.73 Å². The fourth-order valence-electron chi connectivity index (χ4n) is 2.10. The molecule has 3 rings (SSSR count). The number of aromatic nitrogens is 4. The van der Waals surface area contributed by atoms with Crippen LogP contribution in [0.5, 0.6) is 0 Å². The molecular formula is C13H12FN5O. The molecule has 0 amide bonds. The van der Waals surface area contributed by atoms with Crippen LogP contribution in [0.2, 0.25) is 0 Å². The highest BCUT2D eigenvalue weighted by molar-refractivity contribution is 5.71. The first-order valence-corrected chi connectivity index (χ1v) is 6.01. The molecule has 0 unspecified atom stereocenters. The van der Waals surface area contributed by atoms with Gasteiger partial charge in [0, 0.05) is 0 Å². The summed E-state index contributed by atoms with van der Waals surface area (Å²) in [5.74, 6) is 0.399. The summed E-state index contributed by atoms with van der Waals surface area (Å²) in [4.78, 5) is 22.5. The van der Waals surface area contributed by atoms with E-state index in [-0.39, 0.29) is 22.8 Å². The van der Waals surface area contributed by atoms with Crippen molar-refractivity contribution in [1.82, 2.24) is 19.5 Å². The number of hydrogen-bond acceptors (Lipinski definition) is 4. The van der Waals surface area contributed by atoms with E-state index >= 15 is 0 Å². The lowest BCUT2D eigenvalue weighted by Gasteiger charge is -2.06. The molecule has 2 heterocycles. The summed E-state index contributed by atoms with van der Waals surface area (Å²) in [7, 11) is 0. The average Bonchev–Trinajstić information content (AvgIpc) is 2.70. The van der Waals surface area contributed by atoms with Crippen LogP contribution in [0, 0.1) is 12.7 Å². The quantitative estimate of drug-likeness (QED) is 0.734. The van der Waals surface area contributed by atoms with E-state index in [9.17, 15) is 9.18 Å². The molecule has 2 aromatic heterocycles. The Morgan fingerprint density at radius 2 is 2.00 bits per heavy atom. The minimum atomic E-state index is -0.367. The van der Waals surface area contributed by atoms with Crippen LogP contribution in [0.4, 0.5) is 10.3 Å². The van der Waals surface area contributed by atoms with Gasteiger partial charge in [-0.15, -0.1) is 0 Å². The highest BCUT2D eigenvalue weighted by atomic mass is 19.1. The number of H-pyrrole nitrogens is 1. The summed E-state index contributed by atoms with van der Waals surface area (Å²) in [5, 5.41) is 0. The maximum Gasteiger partial charge on any atom is 0.280 e. The van der Waals surface area contributed by atoms with Gasteiger partial charge in [-0.25, -0.2) is 9.37 Å². The predicted octanol–water partition coefficient (Wildman–Crippen LogP) is 1.20. The van der Waals surface area contributed by atoms with Gasteiger partial charge >= 0.3 is 0 Å². The molecule has 0 fully saturated rings. The second kappa shape index (κ2) is 4.44. The Morgan fingerprint density at radius 3 is 2.70 bits per heavy atom. The molecule has 0 aliphatic heterocycles. The molecule has 20 heavy (non-hydrogen) atoms. The summed E-state index contributed by atoms with van der Waals surface area (Å²) in [6, 6.07) is 6.13. The molecule has 1 aromatic carbocycles. The van der Waals surface area contributed by atoms with Gasteiger partial charge in [0.25, 0.3) is 5.56 Å². The molecule has 3 N–H and O–H groups in total. The third-order valence-corrected chi connectivity index (χ3v) is 3.07. The van der Waals surface area contributed by atoms with E-state index in [1.165, 1.54) is 12.1 Å². The fourth-order valence-corrected chi connectivity index (χ4v) is 2.10. The van der Waals surface area contributed by atoms with Crippen molar-refractivity contribution >= 4 is 17.1 Å². The standard InChI is InChI=1S/C13H12FN5O/c1-7-16-10-11(17-13(15)18-12(10)20)19(7)6-8-2-4-9(14)5-3-8/h2-5H,6H2,1H3,(H3,15,17,18,20). The summed E-state index contributed by atoms with van der Waals surface area (Å²) < 4.78 is 14.7. The second-order valence-electron chi connectivity index (χ2n) is 4.50. The van der Waals surface area contributed by atoms with Gasteiger partial charge in [-0.1, -0.05) is 12.1 Å². The van der Waals surface area contributed by atoms with Gasteiger partial charge in [-0.3, -0.25) is 9.78 Å². The normalized spacial score (nSPS) is 11.1. The van der Waals surface area contributed by atoms with Crippen molar-refractivity contribution in [3.63, 3.8) is 0 Å². The van der Waals surface area contributed by atoms with Crippen molar-refractivity contribution in [2.24, 2.45) is 0 Å². The molecular weight excluding hydrogens is 261 g/mol. The number of nitrogens with one attached hydrogen (secondary N) is 1. The number of aromatic amines is 1. The third-order valence-electron chi connectivity index (χ3n) is 3.07. The zero-order valence-corrected chi connectivity index (χ0v) is 10.7. The first-order valence-electron chi connectivity index (χ1n) is 6.01. The Bertz CT molecular complexity index is 834.